The molecule has 0 saturated carbocycles. The van der Waals surface area contributed by atoms with Crippen LogP contribution in [-0.4, -0.2) is 47.7 Å². The maximum absolute atomic E-state index is 12.1. The summed E-state index contributed by atoms with van der Waals surface area (Å²) in [5.41, 5.74) is 0. The van der Waals surface area contributed by atoms with Crippen molar-refractivity contribution in [2.24, 2.45) is 0 Å². The van der Waals surface area contributed by atoms with Gasteiger partial charge in [-0.3, -0.25) is 4.79 Å². The highest BCUT2D eigenvalue weighted by Gasteiger charge is 2.24. The minimum atomic E-state index is -0.205. The summed E-state index contributed by atoms with van der Waals surface area (Å²) >= 11 is 0. The Morgan fingerprint density at radius 2 is 2.30 bits per heavy atom. The van der Waals surface area contributed by atoms with Gasteiger partial charge in [0.2, 0.25) is 0 Å². The van der Waals surface area contributed by atoms with Crippen molar-refractivity contribution < 1.29 is 14.3 Å². The molecule has 112 valence electrons. The van der Waals surface area contributed by atoms with Gasteiger partial charge in [-0.05, 0) is 44.4 Å². The van der Waals surface area contributed by atoms with E-state index in [4.69, 9.17) is 4.42 Å². The van der Waals surface area contributed by atoms with Crippen molar-refractivity contribution >= 4 is 5.91 Å². The van der Waals surface area contributed by atoms with Crippen LogP contribution in [0.25, 0.3) is 0 Å². The number of nitrogens with zero attached hydrogens (tertiary/aromatic N) is 1. The van der Waals surface area contributed by atoms with Crippen molar-refractivity contribution in [1.29, 1.82) is 0 Å². The number of carbonyl (C=O) groups is 1. The number of likely N-dealkylation sites (tertiary alicyclic amines) is 1. The van der Waals surface area contributed by atoms with Crippen LogP contribution in [0.15, 0.2) is 22.8 Å². The topological polar surface area (TPSA) is 65.7 Å². The summed E-state index contributed by atoms with van der Waals surface area (Å²) in [6.07, 6.45) is 4.83. The summed E-state index contributed by atoms with van der Waals surface area (Å²) in [6, 6.07) is 3.89. The smallest absolute Gasteiger partial charge is 0.289 e. The van der Waals surface area contributed by atoms with Crippen LogP contribution in [-0.2, 0) is 0 Å². The van der Waals surface area contributed by atoms with E-state index in [9.17, 15) is 9.90 Å². The highest BCUT2D eigenvalue weighted by molar-refractivity contribution is 5.91. The zero-order chi connectivity index (χ0) is 14.4. The Kier molecular flexibility index (Phi) is 5.61. The number of nitrogens with one attached hydrogen (secondary N) is 1. The molecule has 1 aromatic rings. The van der Waals surface area contributed by atoms with Crippen LogP contribution in [0.5, 0.6) is 0 Å². The van der Waals surface area contributed by atoms with Gasteiger partial charge in [-0.2, -0.15) is 0 Å². The molecule has 1 amide bonds. The van der Waals surface area contributed by atoms with Gasteiger partial charge in [-0.1, -0.05) is 6.92 Å². The number of aliphatic hydroxyl groups is 1. The number of aliphatic hydroxyl groups excluding tert-OH is 1. The van der Waals surface area contributed by atoms with Crippen LogP contribution in [0.2, 0.25) is 0 Å². The van der Waals surface area contributed by atoms with E-state index in [1.165, 1.54) is 6.26 Å². The standard InChI is InChI=1S/C15H24N2O3/c1-2-13(18)5-8-16-12-6-9-17(10-7-12)15(19)14-4-3-11-20-14/h3-4,11-13,16,18H,2,5-10H2,1H3. The molecule has 0 spiro atoms. The first-order valence-electron chi connectivity index (χ1n) is 7.45. The molecular weight excluding hydrogens is 256 g/mol. The van der Waals surface area contributed by atoms with E-state index in [-0.39, 0.29) is 12.0 Å². The van der Waals surface area contributed by atoms with Crippen molar-refractivity contribution in [3.8, 4) is 0 Å². The van der Waals surface area contributed by atoms with Gasteiger partial charge in [0.15, 0.2) is 5.76 Å². The molecule has 1 aliphatic heterocycles. The summed E-state index contributed by atoms with van der Waals surface area (Å²) < 4.78 is 5.14. The molecule has 5 heteroatoms. The molecule has 2 N–H and O–H groups in total. The number of piperidine rings is 1. The molecule has 1 atom stereocenters. The molecule has 1 saturated heterocycles. The van der Waals surface area contributed by atoms with E-state index < -0.39 is 0 Å². The minimum Gasteiger partial charge on any atom is -0.459 e. The molecule has 0 radical (unpaired) electrons. The lowest BCUT2D eigenvalue weighted by Gasteiger charge is -2.32. The Morgan fingerprint density at radius 1 is 1.55 bits per heavy atom. The summed E-state index contributed by atoms with van der Waals surface area (Å²) in [5, 5.41) is 13.0. The van der Waals surface area contributed by atoms with Gasteiger partial charge in [0.25, 0.3) is 5.91 Å². The van der Waals surface area contributed by atoms with Crippen molar-refractivity contribution in [2.75, 3.05) is 19.6 Å². The number of amides is 1. The Labute approximate surface area is 119 Å². The van der Waals surface area contributed by atoms with Gasteiger partial charge < -0.3 is 19.7 Å². The molecule has 1 aromatic heterocycles. The molecule has 1 fully saturated rings. The molecule has 1 aliphatic rings. The minimum absolute atomic E-state index is 0.0187. The summed E-state index contributed by atoms with van der Waals surface area (Å²) in [6.45, 7) is 4.34. The Balaban J connectivity index is 1.69. The number of rotatable bonds is 6. The van der Waals surface area contributed by atoms with Crippen molar-refractivity contribution in [2.45, 2.75) is 44.8 Å². The Morgan fingerprint density at radius 3 is 2.90 bits per heavy atom. The highest BCUT2D eigenvalue weighted by atomic mass is 16.3. The fraction of sp³-hybridized carbons (Fsp3) is 0.667. The highest BCUT2D eigenvalue weighted by Crippen LogP contribution is 2.14. The summed E-state index contributed by atoms with van der Waals surface area (Å²) in [5.74, 6) is 0.400. The summed E-state index contributed by atoms with van der Waals surface area (Å²) in [4.78, 5) is 13.9. The third-order valence-electron chi connectivity index (χ3n) is 3.90. The van der Waals surface area contributed by atoms with Crippen LogP contribution in [0.4, 0.5) is 0 Å². The first-order valence-corrected chi connectivity index (χ1v) is 7.45. The third kappa shape index (κ3) is 4.08. The van der Waals surface area contributed by atoms with Gasteiger partial charge in [0.1, 0.15) is 0 Å². The molecule has 20 heavy (non-hydrogen) atoms. The van der Waals surface area contributed by atoms with Gasteiger partial charge in [0, 0.05) is 19.1 Å². The molecule has 0 aromatic carbocycles. The normalized spacial score (nSPS) is 18.2. The molecule has 1 unspecified atom stereocenters. The van der Waals surface area contributed by atoms with E-state index in [0.717, 1.165) is 45.3 Å². The van der Waals surface area contributed by atoms with Crippen LogP contribution in [0, 0.1) is 0 Å². The second kappa shape index (κ2) is 7.45. The zero-order valence-corrected chi connectivity index (χ0v) is 12.0. The van der Waals surface area contributed by atoms with E-state index in [0.29, 0.717) is 11.8 Å². The quantitative estimate of drug-likeness (QED) is 0.831. The van der Waals surface area contributed by atoms with Crippen LogP contribution in [0.1, 0.15) is 43.2 Å². The van der Waals surface area contributed by atoms with Crippen LogP contribution < -0.4 is 5.32 Å². The SMILES string of the molecule is CCC(O)CCNC1CCN(C(=O)c2ccco2)CC1. The van der Waals surface area contributed by atoms with Crippen molar-refractivity contribution in [3.63, 3.8) is 0 Å². The average Bonchev–Trinajstić information content (AvgIpc) is 3.01. The second-order valence-corrected chi connectivity index (χ2v) is 5.35. The van der Waals surface area contributed by atoms with E-state index in [1.54, 1.807) is 12.1 Å². The van der Waals surface area contributed by atoms with Crippen LogP contribution >= 0.6 is 0 Å². The number of furan rings is 1. The lowest BCUT2D eigenvalue weighted by Crippen LogP contribution is -2.45. The van der Waals surface area contributed by atoms with Gasteiger partial charge in [0.05, 0.1) is 12.4 Å². The number of hydrogen-bond acceptors (Lipinski definition) is 4. The molecular formula is C15H24N2O3. The van der Waals surface area contributed by atoms with Gasteiger partial charge in [-0.25, -0.2) is 0 Å². The molecule has 2 heterocycles. The predicted octanol–water partition coefficient (Wildman–Crippen LogP) is 1.63. The Bertz CT molecular complexity index is 397. The van der Waals surface area contributed by atoms with Crippen LogP contribution in [0.3, 0.4) is 0 Å². The van der Waals surface area contributed by atoms with Gasteiger partial charge in [-0.15, -0.1) is 0 Å². The third-order valence-corrected chi connectivity index (χ3v) is 3.90. The largest absolute Gasteiger partial charge is 0.459 e. The van der Waals surface area contributed by atoms with Crippen molar-refractivity contribution in [1.82, 2.24) is 10.2 Å². The number of hydrogen-bond donors (Lipinski definition) is 2. The molecule has 2 rings (SSSR count). The lowest BCUT2D eigenvalue weighted by molar-refractivity contribution is 0.0671. The zero-order valence-electron chi connectivity index (χ0n) is 12.0. The summed E-state index contributed by atoms with van der Waals surface area (Å²) in [7, 11) is 0. The van der Waals surface area contributed by atoms with E-state index in [1.807, 2.05) is 11.8 Å². The maximum atomic E-state index is 12.1. The maximum Gasteiger partial charge on any atom is 0.289 e. The lowest BCUT2D eigenvalue weighted by atomic mass is 10.0. The molecule has 0 aliphatic carbocycles. The van der Waals surface area contributed by atoms with Gasteiger partial charge >= 0.3 is 0 Å². The van der Waals surface area contributed by atoms with E-state index >= 15 is 0 Å². The predicted molar refractivity (Wildman–Crippen MR) is 76.6 cm³/mol. The second-order valence-electron chi connectivity index (χ2n) is 5.35. The molecule has 0 bridgehead atoms. The fourth-order valence-electron chi connectivity index (χ4n) is 2.50. The Hall–Kier alpha value is -1.33. The first-order chi connectivity index (χ1) is 9.70. The van der Waals surface area contributed by atoms with Crippen molar-refractivity contribution in [3.05, 3.63) is 24.2 Å². The monoisotopic (exact) mass is 280 g/mol. The number of carbonyl (C=O) groups excluding carboxylic acids is 1. The first kappa shape index (κ1) is 15.1. The van der Waals surface area contributed by atoms with E-state index in [2.05, 4.69) is 5.32 Å². The fourth-order valence-corrected chi connectivity index (χ4v) is 2.50. The molecule has 5 nitrogen and oxygen atoms in total. The average molecular weight is 280 g/mol.